The van der Waals surface area contributed by atoms with Gasteiger partial charge in [-0.25, -0.2) is 4.39 Å². The Balaban J connectivity index is 1.89. The summed E-state index contributed by atoms with van der Waals surface area (Å²) in [6.45, 7) is 0.332. The topological polar surface area (TPSA) is 50.9 Å². The summed E-state index contributed by atoms with van der Waals surface area (Å²) in [6, 6.07) is 10.3. The molecule has 0 aliphatic rings. The Morgan fingerprint density at radius 3 is 2.76 bits per heavy atom. The fourth-order valence-corrected chi connectivity index (χ4v) is 2.13. The predicted molar refractivity (Wildman–Crippen MR) is 76.9 cm³/mol. The summed E-state index contributed by atoms with van der Waals surface area (Å²) in [7, 11) is 0. The van der Waals surface area contributed by atoms with E-state index < -0.39 is 0 Å². The van der Waals surface area contributed by atoms with Crippen molar-refractivity contribution >= 4 is 0 Å². The molecule has 4 nitrogen and oxygen atoms in total. The van der Waals surface area contributed by atoms with Crippen molar-refractivity contribution in [1.29, 1.82) is 0 Å². The van der Waals surface area contributed by atoms with Crippen molar-refractivity contribution in [3.8, 4) is 11.3 Å². The number of aromatic nitrogens is 3. The van der Waals surface area contributed by atoms with Gasteiger partial charge in [0.05, 0.1) is 18.8 Å². The SMILES string of the molecule is OCc1ccnc(-c2ccc(Cn3cccn3)c(F)c2)c1. The van der Waals surface area contributed by atoms with E-state index >= 15 is 0 Å². The van der Waals surface area contributed by atoms with Crippen LogP contribution in [-0.4, -0.2) is 19.9 Å². The standard InChI is InChI=1S/C16H14FN3O/c17-15-9-13(16-8-12(11-21)4-6-18-16)2-3-14(15)10-20-7-1-5-19-20/h1-9,21H,10-11H2. The first-order valence-electron chi connectivity index (χ1n) is 6.58. The van der Waals surface area contributed by atoms with E-state index in [2.05, 4.69) is 10.1 Å². The molecular formula is C16H14FN3O. The fourth-order valence-electron chi connectivity index (χ4n) is 2.13. The van der Waals surface area contributed by atoms with E-state index in [0.717, 1.165) is 5.56 Å². The lowest BCUT2D eigenvalue weighted by Gasteiger charge is -2.07. The summed E-state index contributed by atoms with van der Waals surface area (Å²) in [5, 5.41) is 13.2. The van der Waals surface area contributed by atoms with Gasteiger partial charge in [0.25, 0.3) is 0 Å². The maximum Gasteiger partial charge on any atom is 0.128 e. The third kappa shape index (κ3) is 2.98. The van der Waals surface area contributed by atoms with Gasteiger partial charge in [-0.1, -0.05) is 12.1 Å². The summed E-state index contributed by atoms with van der Waals surface area (Å²) < 4.78 is 15.9. The van der Waals surface area contributed by atoms with Crippen LogP contribution in [0.1, 0.15) is 11.1 Å². The third-order valence-electron chi connectivity index (χ3n) is 3.25. The zero-order chi connectivity index (χ0) is 14.7. The lowest BCUT2D eigenvalue weighted by atomic mass is 10.1. The van der Waals surface area contributed by atoms with Crippen LogP contribution in [0.4, 0.5) is 4.39 Å². The van der Waals surface area contributed by atoms with Crippen molar-refractivity contribution in [2.75, 3.05) is 0 Å². The van der Waals surface area contributed by atoms with Crippen molar-refractivity contribution in [2.24, 2.45) is 0 Å². The molecule has 0 saturated carbocycles. The lowest BCUT2D eigenvalue weighted by Crippen LogP contribution is -2.02. The van der Waals surface area contributed by atoms with Crippen molar-refractivity contribution in [3.63, 3.8) is 0 Å². The summed E-state index contributed by atoms with van der Waals surface area (Å²) >= 11 is 0. The molecule has 0 spiro atoms. The van der Waals surface area contributed by atoms with Gasteiger partial charge in [-0.2, -0.15) is 5.10 Å². The molecule has 106 valence electrons. The van der Waals surface area contributed by atoms with Crippen LogP contribution in [0, 0.1) is 5.82 Å². The van der Waals surface area contributed by atoms with Gasteiger partial charge in [-0.15, -0.1) is 0 Å². The van der Waals surface area contributed by atoms with Gasteiger partial charge < -0.3 is 5.11 Å². The Bertz CT molecular complexity index is 741. The highest BCUT2D eigenvalue weighted by Gasteiger charge is 2.07. The Hall–Kier alpha value is -2.53. The summed E-state index contributed by atoms with van der Waals surface area (Å²) in [5.41, 5.74) is 2.65. The second kappa shape index (κ2) is 5.85. The number of aliphatic hydroxyl groups is 1. The molecule has 0 aliphatic carbocycles. The second-order valence-corrected chi connectivity index (χ2v) is 4.72. The van der Waals surface area contributed by atoms with E-state index in [-0.39, 0.29) is 12.4 Å². The molecule has 0 fully saturated rings. The molecule has 2 aromatic heterocycles. The van der Waals surface area contributed by atoms with E-state index in [1.54, 1.807) is 47.5 Å². The first kappa shape index (κ1) is 13.5. The highest BCUT2D eigenvalue weighted by atomic mass is 19.1. The molecule has 3 rings (SSSR count). The van der Waals surface area contributed by atoms with Crippen LogP contribution in [0.2, 0.25) is 0 Å². The third-order valence-corrected chi connectivity index (χ3v) is 3.25. The molecule has 0 atom stereocenters. The number of hydrogen-bond donors (Lipinski definition) is 1. The van der Waals surface area contributed by atoms with Crippen LogP contribution in [0.25, 0.3) is 11.3 Å². The zero-order valence-corrected chi connectivity index (χ0v) is 11.3. The first-order chi connectivity index (χ1) is 10.3. The van der Waals surface area contributed by atoms with E-state index in [9.17, 15) is 4.39 Å². The monoisotopic (exact) mass is 283 g/mol. The van der Waals surface area contributed by atoms with Crippen LogP contribution < -0.4 is 0 Å². The van der Waals surface area contributed by atoms with Crippen molar-refractivity contribution < 1.29 is 9.50 Å². The Labute approximate surface area is 121 Å². The maximum absolute atomic E-state index is 14.2. The molecule has 21 heavy (non-hydrogen) atoms. The van der Waals surface area contributed by atoms with E-state index in [0.29, 0.717) is 23.4 Å². The smallest absolute Gasteiger partial charge is 0.128 e. The number of halogens is 1. The van der Waals surface area contributed by atoms with E-state index in [1.165, 1.54) is 6.07 Å². The quantitative estimate of drug-likeness (QED) is 0.800. The van der Waals surface area contributed by atoms with Gasteiger partial charge in [0.2, 0.25) is 0 Å². The first-order valence-corrected chi connectivity index (χ1v) is 6.58. The van der Waals surface area contributed by atoms with Gasteiger partial charge in [0.1, 0.15) is 5.82 Å². The molecular weight excluding hydrogens is 269 g/mol. The average Bonchev–Trinajstić information content (AvgIpc) is 3.02. The van der Waals surface area contributed by atoms with Gasteiger partial charge in [0, 0.05) is 29.7 Å². The zero-order valence-electron chi connectivity index (χ0n) is 11.3. The minimum absolute atomic E-state index is 0.0601. The van der Waals surface area contributed by atoms with Crippen LogP contribution >= 0.6 is 0 Å². The van der Waals surface area contributed by atoms with Crippen molar-refractivity contribution in [3.05, 3.63) is 71.9 Å². The van der Waals surface area contributed by atoms with Crippen molar-refractivity contribution in [1.82, 2.24) is 14.8 Å². The molecule has 1 N–H and O–H groups in total. The average molecular weight is 283 g/mol. The molecule has 1 aromatic carbocycles. The highest BCUT2D eigenvalue weighted by Crippen LogP contribution is 2.21. The van der Waals surface area contributed by atoms with E-state index in [1.807, 2.05) is 6.07 Å². The minimum Gasteiger partial charge on any atom is -0.392 e. The molecule has 5 heteroatoms. The van der Waals surface area contributed by atoms with Gasteiger partial charge >= 0.3 is 0 Å². The molecule has 0 aliphatic heterocycles. The molecule has 0 bridgehead atoms. The summed E-state index contributed by atoms with van der Waals surface area (Å²) in [6.07, 6.45) is 5.06. The van der Waals surface area contributed by atoms with Gasteiger partial charge in [0.15, 0.2) is 0 Å². The molecule has 0 radical (unpaired) electrons. The minimum atomic E-state index is -0.292. The number of nitrogens with zero attached hydrogens (tertiary/aromatic N) is 3. The van der Waals surface area contributed by atoms with E-state index in [4.69, 9.17) is 5.11 Å². The number of pyridine rings is 1. The number of hydrogen-bond acceptors (Lipinski definition) is 3. The molecule has 2 heterocycles. The summed E-state index contributed by atoms with van der Waals surface area (Å²) in [4.78, 5) is 4.21. The van der Waals surface area contributed by atoms with Crippen LogP contribution in [-0.2, 0) is 13.2 Å². The number of benzene rings is 1. The van der Waals surface area contributed by atoms with Crippen LogP contribution in [0.5, 0.6) is 0 Å². The predicted octanol–water partition coefficient (Wildman–Crippen LogP) is 2.62. The van der Waals surface area contributed by atoms with Gasteiger partial charge in [-0.05, 0) is 29.8 Å². The normalized spacial score (nSPS) is 10.8. The Morgan fingerprint density at radius 2 is 2.05 bits per heavy atom. The number of aliphatic hydroxyl groups excluding tert-OH is 1. The lowest BCUT2D eigenvalue weighted by molar-refractivity contribution is 0.282. The molecule has 3 aromatic rings. The van der Waals surface area contributed by atoms with Crippen LogP contribution in [0.15, 0.2) is 55.0 Å². The maximum atomic E-state index is 14.2. The number of rotatable bonds is 4. The van der Waals surface area contributed by atoms with Crippen molar-refractivity contribution in [2.45, 2.75) is 13.2 Å². The Morgan fingerprint density at radius 1 is 1.14 bits per heavy atom. The highest BCUT2D eigenvalue weighted by molar-refractivity contribution is 5.60. The summed E-state index contributed by atoms with van der Waals surface area (Å²) in [5.74, 6) is -0.292. The van der Waals surface area contributed by atoms with Gasteiger partial charge in [-0.3, -0.25) is 9.67 Å². The molecule has 0 unspecified atom stereocenters. The fraction of sp³-hybridized carbons (Fsp3) is 0.125. The molecule has 0 saturated heterocycles. The molecule has 0 amide bonds. The second-order valence-electron chi connectivity index (χ2n) is 4.72. The van der Waals surface area contributed by atoms with Crippen LogP contribution in [0.3, 0.4) is 0 Å². The largest absolute Gasteiger partial charge is 0.392 e. The Kier molecular flexibility index (Phi) is 3.75.